The Hall–Kier alpha value is -1.31. The lowest BCUT2D eigenvalue weighted by atomic mass is 10.1. The van der Waals surface area contributed by atoms with Gasteiger partial charge in [0.25, 0.3) is 0 Å². The van der Waals surface area contributed by atoms with Crippen LogP contribution in [-0.4, -0.2) is 30.7 Å². The maximum atomic E-state index is 12.3. The van der Waals surface area contributed by atoms with E-state index in [1.54, 1.807) is 0 Å². The Labute approximate surface area is 169 Å². The summed E-state index contributed by atoms with van der Waals surface area (Å²) in [7, 11) is 0. The molecule has 0 amide bonds. The fourth-order valence-electron chi connectivity index (χ4n) is 2.81. The van der Waals surface area contributed by atoms with Gasteiger partial charge in [0.2, 0.25) is 0 Å². The summed E-state index contributed by atoms with van der Waals surface area (Å²) in [5.41, 5.74) is 2.08. The average molecular weight is 453 g/mol. The number of thioether (sulfide) groups is 2. The maximum absolute atomic E-state index is 12.3. The highest BCUT2D eigenvalue weighted by Gasteiger charge is 2.19. The van der Waals surface area contributed by atoms with Gasteiger partial charge in [-0.15, -0.1) is 23.5 Å². The SMILES string of the molecule is O=C(Cc1cc2c(cc1Br)OCCO2)Oc1ccc(C2SCCS2)cc1. The summed E-state index contributed by atoms with van der Waals surface area (Å²) in [6, 6.07) is 11.5. The van der Waals surface area contributed by atoms with Crippen molar-refractivity contribution in [2.45, 2.75) is 11.0 Å². The van der Waals surface area contributed by atoms with E-state index in [0.29, 0.717) is 35.0 Å². The van der Waals surface area contributed by atoms with Crippen LogP contribution in [0, 0.1) is 0 Å². The zero-order valence-corrected chi connectivity index (χ0v) is 17.1. The van der Waals surface area contributed by atoms with Gasteiger partial charge in [0.15, 0.2) is 11.5 Å². The van der Waals surface area contributed by atoms with Crippen molar-refractivity contribution in [3.8, 4) is 17.2 Å². The molecule has 1 saturated heterocycles. The molecule has 4 rings (SSSR count). The predicted molar refractivity (Wildman–Crippen MR) is 109 cm³/mol. The van der Waals surface area contributed by atoms with Crippen LogP contribution in [0.15, 0.2) is 40.9 Å². The molecule has 0 N–H and O–H groups in total. The molecule has 0 aromatic heterocycles. The van der Waals surface area contributed by atoms with Gasteiger partial charge < -0.3 is 14.2 Å². The topological polar surface area (TPSA) is 44.8 Å². The second kappa shape index (κ2) is 8.15. The Morgan fingerprint density at radius 2 is 1.73 bits per heavy atom. The number of carbonyl (C=O) groups excluding carboxylic acids is 1. The molecule has 1 fully saturated rings. The molecule has 4 nitrogen and oxygen atoms in total. The first-order chi connectivity index (χ1) is 12.7. The third-order valence-electron chi connectivity index (χ3n) is 4.05. The van der Waals surface area contributed by atoms with E-state index < -0.39 is 0 Å². The standard InChI is InChI=1S/C19H17BrO4S2/c20-15-11-17-16(22-5-6-23-17)9-13(15)10-18(21)24-14-3-1-12(2-4-14)19-25-7-8-26-19/h1-4,9,11,19H,5-8,10H2. The van der Waals surface area contributed by atoms with Gasteiger partial charge in [0.05, 0.1) is 11.0 Å². The molecular weight excluding hydrogens is 436 g/mol. The number of carbonyl (C=O) groups is 1. The lowest BCUT2D eigenvalue weighted by Gasteiger charge is -2.19. The molecule has 7 heteroatoms. The summed E-state index contributed by atoms with van der Waals surface area (Å²) in [6.45, 7) is 1.05. The average Bonchev–Trinajstić information content (AvgIpc) is 3.17. The summed E-state index contributed by atoms with van der Waals surface area (Å²) >= 11 is 7.40. The number of hydrogen-bond donors (Lipinski definition) is 0. The van der Waals surface area contributed by atoms with Gasteiger partial charge in [-0.3, -0.25) is 4.79 Å². The van der Waals surface area contributed by atoms with E-state index in [0.717, 1.165) is 10.0 Å². The van der Waals surface area contributed by atoms with Gasteiger partial charge in [-0.05, 0) is 35.4 Å². The Balaban J connectivity index is 1.40. The van der Waals surface area contributed by atoms with Gasteiger partial charge in [0, 0.05) is 16.0 Å². The van der Waals surface area contributed by atoms with Crippen molar-refractivity contribution in [2.75, 3.05) is 24.7 Å². The van der Waals surface area contributed by atoms with Crippen molar-refractivity contribution in [3.63, 3.8) is 0 Å². The first-order valence-electron chi connectivity index (χ1n) is 8.31. The molecule has 2 aromatic carbocycles. The van der Waals surface area contributed by atoms with Gasteiger partial charge in [-0.25, -0.2) is 0 Å². The van der Waals surface area contributed by atoms with Crippen molar-refractivity contribution < 1.29 is 19.0 Å². The predicted octanol–water partition coefficient (Wildman–Crippen LogP) is 4.85. The van der Waals surface area contributed by atoms with E-state index in [9.17, 15) is 4.79 Å². The summed E-state index contributed by atoms with van der Waals surface area (Å²) in [6.07, 6.45) is 0.160. The first-order valence-corrected chi connectivity index (χ1v) is 11.2. The zero-order valence-electron chi connectivity index (χ0n) is 13.9. The van der Waals surface area contributed by atoms with Crippen LogP contribution in [0.25, 0.3) is 0 Å². The van der Waals surface area contributed by atoms with Crippen molar-refractivity contribution in [2.24, 2.45) is 0 Å². The number of fused-ring (bicyclic) bond motifs is 1. The molecule has 26 heavy (non-hydrogen) atoms. The van der Waals surface area contributed by atoms with Crippen LogP contribution in [0.5, 0.6) is 17.2 Å². The monoisotopic (exact) mass is 452 g/mol. The van der Waals surface area contributed by atoms with Gasteiger partial charge in [-0.2, -0.15) is 0 Å². The molecule has 0 aliphatic carbocycles. The number of halogens is 1. The van der Waals surface area contributed by atoms with E-state index in [1.807, 2.05) is 59.9 Å². The minimum Gasteiger partial charge on any atom is -0.486 e. The van der Waals surface area contributed by atoms with Crippen LogP contribution in [0.2, 0.25) is 0 Å². The summed E-state index contributed by atoms with van der Waals surface area (Å²) in [4.78, 5) is 12.3. The van der Waals surface area contributed by atoms with Crippen molar-refractivity contribution >= 4 is 45.4 Å². The van der Waals surface area contributed by atoms with Gasteiger partial charge >= 0.3 is 5.97 Å². The number of benzene rings is 2. The Morgan fingerprint density at radius 3 is 2.42 bits per heavy atom. The van der Waals surface area contributed by atoms with Crippen LogP contribution in [-0.2, 0) is 11.2 Å². The Morgan fingerprint density at radius 1 is 1.08 bits per heavy atom. The Bertz CT molecular complexity index is 804. The second-order valence-electron chi connectivity index (χ2n) is 5.88. The highest BCUT2D eigenvalue weighted by Crippen LogP contribution is 2.45. The number of ether oxygens (including phenoxy) is 3. The van der Waals surface area contributed by atoms with Crippen LogP contribution >= 0.6 is 39.5 Å². The third-order valence-corrected chi connectivity index (χ3v) is 7.89. The number of rotatable bonds is 4. The van der Waals surface area contributed by atoms with E-state index in [-0.39, 0.29) is 12.4 Å². The fraction of sp³-hybridized carbons (Fsp3) is 0.316. The molecule has 0 bridgehead atoms. The second-order valence-corrected chi connectivity index (χ2v) is 9.46. The zero-order chi connectivity index (χ0) is 17.9. The van der Waals surface area contributed by atoms with Crippen LogP contribution in [0.4, 0.5) is 0 Å². The molecule has 2 aromatic rings. The number of hydrogen-bond acceptors (Lipinski definition) is 6. The van der Waals surface area contributed by atoms with Crippen molar-refractivity contribution in [3.05, 3.63) is 52.0 Å². The summed E-state index contributed by atoms with van der Waals surface area (Å²) < 4.78 is 17.9. The minimum atomic E-state index is -0.306. The summed E-state index contributed by atoms with van der Waals surface area (Å²) in [5, 5.41) is 0. The molecule has 0 atom stereocenters. The van der Waals surface area contributed by atoms with Crippen LogP contribution in [0.3, 0.4) is 0 Å². The highest BCUT2D eigenvalue weighted by atomic mass is 79.9. The van der Waals surface area contributed by atoms with Crippen molar-refractivity contribution in [1.29, 1.82) is 0 Å². The largest absolute Gasteiger partial charge is 0.486 e. The normalized spacial score (nSPS) is 16.5. The van der Waals surface area contributed by atoms with Crippen LogP contribution < -0.4 is 14.2 Å². The molecule has 2 heterocycles. The molecule has 136 valence electrons. The van der Waals surface area contributed by atoms with Crippen LogP contribution in [0.1, 0.15) is 15.7 Å². The first kappa shape index (κ1) is 18.1. The maximum Gasteiger partial charge on any atom is 0.315 e. The highest BCUT2D eigenvalue weighted by molar-refractivity contribution is 9.10. The molecule has 0 saturated carbocycles. The molecule has 0 radical (unpaired) electrons. The lowest BCUT2D eigenvalue weighted by Crippen LogP contribution is -2.16. The summed E-state index contributed by atoms with van der Waals surface area (Å²) in [5.74, 6) is 4.00. The fourth-order valence-corrected chi connectivity index (χ4v) is 6.13. The third kappa shape index (κ3) is 4.15. The number of esters is 1. The molecular formula is C19H17BrO4S2. The smallest absolute Gasteiger partial charge is 0.315 e. The molecule has 2 aliphatic rings. The quantitative estimate of drug-likeness (QED) is 0.488. The Kier molecular flexibility index (Phi) is 5.66. The molecule has 2 aliphatic heterocycles. The van der Waals surface area contributed by atoms with Gasteiger partial charge in [-0.1, -0.05) is 28.1 Å². The van der Waals surface area contributed by atoms with E-state index >= 15 is 0 Å². The van der Waals surface area contributed by atoms with E-state index in [4.69, 9.17) is 14.2 Å². The van der Waals surface area contributed by atoms with Gasteiger partial charge in [0.1, 0.15) is 19.0 Å². The van der Waals surface area contributed by atoms with Crippen molar-refractivity contribution in [1.82, 2.24) is 0 Å². The van der Waals surface area contributed by atoms with E-state index in [1.165, 1.54) is 17.1 Å². The lowest BCUT2D eigenvalue weighted by molar-refractivity contribution is -0.133. The molecule has 0 spiro atoms. The minimum absolute atomic E-state index is 0.160. The van der Waals surface area contributed by atoms with E-state index in [2.05, 4.69) is 15.9 Å². The molecule has 0 unspecified atom stereocenters.